The first-order valence-electron chi connectivity index (χ1n) is 9.26. The first-order valence-corrected chi connectivity index (χ1v) is 10.9. The van der Waals surface area contributed by atoms with Crippen LogP contribution in [0.15, 0.2) is 64.4 Å². The van der Waals surface area contributed by atoms with Crippen LogP contribution in [-0.4, -0.2) is 28.4 Å². The monoisotopic (exact) mass is 482 g/mol. The third kappa shape index (κ3) is 4.57. The Balaban J connectivity index is 1.61. The molecule has 0 aliphatic carbocycles. The van der Waals surface area contributed by atoms with E-state index in [1.165, 1.54) is 17.4 Å². The molecule has 0 unspecified atom stereocenters. The first kappa shape index (κ1) is 21.8. The van der Waals surface area contributed by atoms with Crippen molar-refractivity contribution in [1.82, 2.24) is 4.57 Å². The lowest BCUT2D eigenvalue weighted by Gasteiger charge is -2.06. The number of thiazole rings is 1. The van der Waals surface area contributed by atoms with Crippen molar-refractivity contribution in [2.24, 2.45) is 9.98 Å². The van der Waals surface area contributed by atoms with E-state index >= 15 is 0 Å². The maximum atomic E-state index is 10.7. The van der Waals surface area contributed by atoms with Gasteiger partial charge in [0.05, 0.1) is 24.2 Å². The second-order valence-corrected chi connectivity index (χ2v) is 8.59. The normalized spacial score (nSPS) is 15.5. The smallest absolute Gasteiger partial charge is 0.258 e. The van der Waals surface area contributed by atoms with Crippen LogP contribution in [0.25, 0.3) is 6.08 Å². The lowest BCUT2D eigenvalue weighted by Crippen LogP contribution is -2.07. The summed E-state index contributed by atoms with van der Waals surface area (Å²) in [5.41, 5.74) is 1.44. The van der Waals surface area contributed by atoms with E-state index in [1.807, 2.05) is 24.3 Å². The number of aliphatic imine (C=N–C) groups is 2. The summed E-state index contributed by atoms with van der Waals surface area (Å²) < 4.78 is 12.8. The van der Waals surface area contributed by atoms with Crippen LogP contribution in [0.2, 0.25) is 5.02 Å². The van der Waals surface area contributed by atoms with E-state index in [2.05, 4.69) is 9.98 Å². The number of ether oxygens (including phenoxy) is 2. The summed E-state index contributed by atoms with van der Waals surface area (Å²) in [5, 5.41) is 20.7. The number of benzene rings is 2. The molecular weight excluding hydrogens is 468 g/mol. The highest BCUT2D eigenvalue weighted by atomic mass is 35.5. The van der Waals surface area contributed by atoms with E-state index in [9.17, 15) is 10.4 Å². The third-order valence-corrected chi connectivity index (χ3v) is 6.22. The van der Waals surface area contributed by atoms with E-state index in [1.54, 1.807) is 42.0 Å². The average molecular weight is 483 g/mol. The van der Waals surface area contributed by atoms with Gasteiger partial charge >= 0.3 is 0 Å². The lowest BCUT2D eigenvalue weighted by molar-refractivity contribution is 0.415. The minimum Gasteiger partial charge on any atom is -0.497 e. The number of methoxy groups -OCH3 is 1. The van der Waals surface area contributed by atoms with Crippen LogP contribution < -0.4 is 4.74 Å². The molecule has 4 rings (SSSR count). The van der Waals surface area contributed by atoms with E-state index in [-0.39, 0.29) is 23.4 Å². The molecule has 0 atom stereocenters. The molecule has 3 aromatic rings. The van der Waals surface area contributed by atoms with Gasteiger partial charge in [-0.1, -0.05) is 29.8 Å². The van der Waals surface area contributed by atoms with Crippen molar-refractivity contribution in [2.75, 3.05) is 7.11 Å². The number of hydrogen-bond donors (Lipinski definition) is 1. The molecule has 32 heavy (non-hydrogen) atoms. The maximum absolute atomic E-state index is 10.7. The van der Waals surface area contributed by atoms with Crippen LogP contribution in [0.4, 0.5) is 5.69 Å². The number of nitrogens with zero attached hydrogens (tertiary/aromatic N) is 4. The molecule has 10 heteroatoms. The third-order valence-electron chi connectivity index (χ3n) is 4.47. The predicted octanol–water partition coefficient (Wildman–Crippen LogP) is 5.72. The standard InChI is InChI=1S/C22H15ClN4O3S2/c1-29-15-8-6-14(7-9-15)25-20-17(11-24)26-19(30-20)10-18-21(28)27(22(31)32-18)12-13-4-2-3-5-16(13)23/h2-10,28H,12H2,1H3/b19-10+,25-20?. The number of hydrogen-bond acceptors (Lipinski definition) is 8. The Kier molecular flexibility index (Phi) is 6.37. The molecule has 0 saturated heterocycles. The van der Waals surface area contributed by atoms with Crippen LogP contribution in [0.3, 0.4) is 0 Å². The zero-order valence-corrected chi connectivity index (χ0v) is 19.0. The van der Waals surface area contributed by atoms with Crippen molar-refractivity contribution in [3.8, 4) is 17.7 Å². The van der Waals surface area contributed by atoms with Gasteiger partial charge in [-0.25, -0.2) is 4.99 Å². The zero-order chi connectivity index (χ0) is 22.7. The van der Waals surface area contributed by atoms with E-state index in [0.717, 1.165) is 5.56 Å². The van der Waals surface area contributed by atoms with Crippen molar-refractivity contribution in [3.05, 3.63) is 73.8 Å². The minimum absolute atomic E-state index is 0.0330. The molecule has 1 aliphatic heterocycles. The molecule has 7 nitrogen and oxygen atoms in total. The second kappa shape index (κ2) is 9.36. The number of aromatic nitrogens is 1. The molecule has 0 fully saturated rings. The Morgan fingerprint density at radius 1 is 1.31 bits per heavy atom. The second-order valence-electron chi connectivity index (χ2n) is 6.51. The van der Waals surface area contributed by atoms with Crippen molar-refractivity contribution in [3.63, 3.8) is 0 Å². The highest BCUT2D eigenvalue weighted by Gasteiger charge is 2.23. The molecule has 0 saturated carbocycles. The van der Waals surface area contributed by atoms with Gasteiger partial charge < -0.3 is 14.6 Å². The minimum atomic E-state index is -0.0368. The Morgan fingerprint density at radius 3 is 2.75 bits per heavy atom. The fraction of sp³-hybridized carbons (Fsp3) is 0.0909. The Labute approximate surface area is 197 Å². The van der Waals surface area contributed by atoms with Gasteiger partial charge in [0.15, 0.2) is 3.95 Å². The zero-order valence-electron chi connectivity index (χ0n) is 16.7. The summed E-state index contributed by atoms with van der Waals surface area (Å²) in [7, 11) is 1.57. The largest absolute Gasteiger partial charge is 0.497 e. The van der Waals surface area contributed by atoms with Gasteiger partial charge in [0.1, 0.15) is 11.8 Å². The molecule has 1 aliphatic rings. The number of aromatic hydroxyl groups is 1. The lowest BCUT2D eigenvalue weighted by atomic mass is 10.2. The highest BCUT2D eigenvalue weighted by Crippen LogP contribution is 2.32. The van der Waals surface area contributed by atoms with Crippen LogP contribution >= 0.6 is 35.2 Å². The average Bonchev–Trinajstić information content (AvgIpc) is 3.30. The summed E-state index contributed by atoms with van der Waals surface area (Å²) in [5.74, 6) is 0.854. The van der Waals surface area contributed by atoms with E-state index in [0.29, 0.717) is 31.8 Å². The van der Waals surface area contributed by atoms with Crippen molar-refractivity contribution < 1.29 is 14.6 Å². The summed E-state index contributed by atoms with van der Waals surface area (Å²) in [6.45, 7) is 0.321. The summed E-state index contributed by atoms with van der Waals surface area (Å²) in [6, 6.07) is 16.3. The molecule has 1 N–H and O–H groups in total. The van der Waals surface area contributed by atoms with Crippen molar-refractivity contribution in [1.29, 1.82) is 5.26 Å². The van der Waals surface area contributed by atoms with E-state index < -0.39 is 0 Å². The fourth-order valence-corrected chi connectivity index (χ4v) is 4.30. The molecule has 160 valence electrons. The number of nitriles is 1. The topological polar surface area (TPSA) is 92.1 Å². The van der Waals surface area contributed by atoms with Crippen LogP contribution in [0.5, 0.6) is 11.6 Å². The molecule has 0 spiro atoms. The van der Waals surface area contributed by atoms with Crippen LogP contribution in [-0.2, 0) is 11.3 Å². The molecule has 2 heterocycles. The van der Waals surface area contributed by atoms with Gasteiger partial charge in [-0.2, -0.15) is 10.3 Å². The fourth-order valence-electron chi connectivity index (χ4n) is 2.87. The van der Waals surface area contributed by atoms with E-state index in [4.69, 9.17) is 33.3 Å². The Hall–Kier alpha value is -3.45. The molecule has 0 bridgehead atoms. The van der Waals surface area contributed by atoms with Gasteiger partial charge in [0.2, 0.25) is 17.5 Å². The number of halogens is 1. The van der Waals surface area contributed by atoms with Crippen molar-refractivity contribution >= 4 is 58.5 Å². The maximum Gasteiger partial charge on any atom is 0.258 e. The molecule has 1 aromatic heterocycles. The summed E-state index contributed by atoms with van der Waals surface area (Å²) in [4.78, 5) is 8.94. The number of rotatable bonds is 5. The summed E-state index contributed by atoms with van der Waals surface area (Å²) in [6.07, 6.45) is 1.52. The van der Waals surface area contributed by atoms with Gasteiger partial charge in [-0.15, -0.1) is 11.3 Å². The van der Waals surface area contributed by atoms with Gasteiger partial charge in [0.25, 0.3) is 5.90 Å². The predicted molar refractivity (Wildman–Crippen MR) is 128 cm³/mol. The molecular formula is C22H15ClN4O3S2. The molecule has 0 radical (unpaired) electrons. The summed E-state index contributed by atoms with van der Waals surface area (Å²) >= 11 is 12.8. The SMILES string of the molecule is COc1ccc(N=C2O/C(=C/c3sc(=S)n(Cc4ccccc4Cl)c3O)N=C2C#N)cc1. The molecule has 2 aromatic carbocycles. The van der Waals surface area contributed by atoms with Crippen LogP contribution in [0, 0.1) is 15.3 Å². The quantitative estimate of drug-likeness (QED) is 0.469. The highest BCUT2D eigenvalue weighted by molar-refractivity contribution is 7.73. The molecule has 0 amide bonds. The van der Waals surface area contributed by atoms with Gasteiger partial charge in [-0.3, -0.25) is 4.57 Å². The first-order chi connectivity index (χ1) is 15.5. The Bertz CT molecular complexity index is 1370. The van der Waals surface area contributed by atoms with Gasteiger partial charge in [0, 0.05) is 11.1 Å². The van der Waals surface area contributed by atoms with Crippen molar-refractivity contribution in [2.45, 2.75) is 6.54 Å². The Morgan fingerprint density at radius 2 is 2.06 bits per heavy atom. The van der Waals surface area contributed by atoms with Crippen LogP contribution in [0.1, 0.15) is 10.4 Å². The van der Waals surface area contributed by atoms with Gasteiger partial charge in [-0.05, 0) is 48.1 Å².